The normalized spacial score (nSPS) is 11.2. The number of para-hydroxylation sites is 1. The molecule has 0 aliphatic heterocycles. The molecule has 4 aromatic rings. The standard InChI is InChI=1S/C27H31N3O2/c1-2-31-16-17-32-20-25-18-24(14-15-28-25)30-23-12-10-21(11-13-23)6-5-7-22-19-29-27-9-4-3-8-26(22)27/h3-4,8-15,18-19,29H,2,5-7,16-17,20H2,1H3,(H,28,30). The second-order valence-electron chi connectivity index (χ2n) is 7.82. The largest absolute Gasteiger partial charge is 0.379 e. The van der Waals surface area contributed by atoms with Gasteiger partial charge in [-0.15, -0.1) is 0 Å². The maximum Gasteiger partial charge on any atom is 0.0889 e. The van der Waals surface area contributed by atoms with Crippen molar-refractivity contribution in [3.63, 3.8) is 0 Å². The van der Waals surface area contributed by atoms with Gasteiger partial charge in [0.1, 0.15) is 0 Å². The van der Waals surface area contributed by atoms with Gasteiger partial charge in [0.15, 0.2) is 0 Å². The molecular formula is C27H31N3O2. The number of benzene rings is 2. The highest BCUT2D eigenvalue weighted by Crippen LogP contribution is 2.21. The summed E-state index contributed by atoms with van der Waals surface area (Å²) in [5, 5.41) is 4.79. The minimum absolute atomic E-state index is 0.484. The number of rotatable bonds is 12. The van der Waals surface area contributed by atoms with Crippen molar-refractivity contribution in [3.05, 3.63) is 89.9 Å². The molecule has 32 heavy (non-hydrogen) atoms. The van der Waals surface area contributed by atoms with Crippen LogP contribution in [0.15, 0.2) is 73.1 Å². The number of hydrogen-bond acceptors (Lipinski definition) is 4. The average Bonchev–Trinajstić information content (AvgIpc) is 3.24. The van der Waals surface area contributed by atoms with Crippen LogP contribution in [0, 0.1) is 0 Å². The molecule has 0 unspecified atom stereocenters. The van der Waals surface area contributed by atoms with Crippen molar-refractivity contribution in [1.82, 2.24) is 9.97 Å². The fourth-order valence-corrected chi connectivity index (χ4v) is 3.82. The molecule has 2 N–H and O–H groups in total. The number of aryl methyl sites for hydroxylation is 2. The molecule has 2 heterocycles. The zero-order chi connectivity index (χ0) is 22.0. The van der Waals surface area contributed by atoms with Gasteiger partial charge in [0.2, 0.25) is 0 Å². The first-order valence-corrected chi connectivity index (χ1v) is 11.3. The Balaban J connectivity index is 1.25. The monoisotopic (exact) mass is 429 g/mol. The maximum absolute atomic E-state index is 5.61. The van der Waals surface area contributed by atoms with Crippen LogP contribution < -0.4 is 5.32 Å². The maximum atomic E-state index is 5.61. The van der Waals surface area contributed by atoms with Gasteiger partial charge >= 0.3 is 0 Å². The van der Waals surface area contributed by atoms with E-state index in [0.29, 0.717) is 26.4 Å². The summed E-state index contributed by atoms with van der Waals surface area (Å²) >= 11 is 0. The number of nitrogens with zero attached hydrogens (tertiary/aromatic N) is 1. The van der Waals surface area contributed by atoms with Gasteiger partial charge in [0.25, 0.3) is 0 Å². The fraction of sp³-hybridized carbons (Fsp3) is 0.296. The topological polar surface area (TPSA) is 59.2 Å². The zero-order valence-electron chi connectivity index (χ0n) is 18.6. The van der Waals surface area contributed by atoms with E-state index >= 15 is 0 Å². The van der Waals surface area contributed by atoms with Crippen molar-refractivity contribution < 1.29 is 9.47 Å². The van der Waals surface area contributed by atoms with Crippen LogP contribution in [-0.2, 0) is 28.9 Å². The first-order chi connectivity index (χ1) is 15.8. The van der Waals surface area contributed by atoms with E-state index < -0.39 is 0 Å². The van der Waals surface area contributed by atoms with Crippen LogP contribution in [0.5, 0.6) is 0 Å². The summed E-state index contributed by atoms with van der Waals surface area (Å²) in [7, 11) is 0. The first kappa shape index (κ1) is 22.1. The van der Waals surface area contributed by atoms with Crippen LogP contribution in [-0.4, -0.2) is 29.8 Å². The van der Waals surface area contributed by atoms with Crippen molar-refractivity contribution in [3.8, 4) is 0 Å². The highest BCUT2D eigenvalue weighted by Gasteiger charge is 2.04. The molecule has 0 radical (unpaired) electrons. The van der Waals surface area contributed by atoms with E-state index in [0.717, 1.165) is 36.3 Å². The summed E-state index contributed by atoms with van der Waals surface area (Å²) in [5.41, 5.74) is 6.95. The number of aromatic nitrogens is 2. The molecule has 0 spiro atoms. The van der Waals surface area contributed by atoms with Gasteiger partial charge in [0, 0.05) is 41.3 Å². The zero-order valence-corrected chi connectivity index (χ0v) is 18.6. The molecule has 5 nitrogen and oxygen atoms in total. The van der Waals surface area contributed by atoms with E-state index in [1.165, 1.54) is 22.0 Å². The summed E-state index contributed by atoms with van der Waals surface area (Å²) in [6, 6.07) is 21.2. The van der Waals surface area contributed by atoms with Crippen LogP contribution in [0.4, 0.5) is 11.4 Å². The minimum atomic E-state index is 0.484. The Morgan fingerprint density at radius 1 is 0.906 bits per heavy atom. The van der Waals surface area contributed by atoms with Crippen LogP contribution >= 0.6 is 0 Å². The van der Waals surface area contributed by atoms with Gasteiger partial charge in [-0.2, -0.15) is 0 Å². The van der Waals surface area contributed by atoms with Gasteiger partial charge in [-0.3, -0.25) is 4.98 Å². The lowest BCUT2D eigenvalue weighted by Gasteiger charge is -2.10. The van der Waals surface area contributed by atoms with Crippen LogP contribution in [0.25, 0.3) is 10.9 Å². The van der Waals surface area contributed by atoms with E-state index in [1.54, 1.807) is 0 Å². The van der Waals surface area contributed by atoms with E-state index in [-0.39, 0.29) is 0 Å². The molecule has 0 aliphatic rings. The molecule has 5 heteroatoms. The lowest BCUT2D eigenvalue weighted by atomic mass is 10.0. The molecular weight excluding hydrogens is 398 g/mol. The van der Waals surface area contributed by atoms with Gasteiger partial charge in [-0.05, 0) is 67.6 Å². The Morgan fingerprint density at radius 2 is 1.75 bits per heavy atom. The number of hydrogen-bond donors (Lipinski definition) is 2. The molecule has 0 atom stereocenters. The van der Waals surface area contributed by atoms with Gasteiger partial charge in [-0.1, -0.05) is 30.3 Å². The SMILES string of the molecule is CCOCCOCc1cc(Nc2ccc(CCCc3c[nH]c4ccccc34)cc2)ccn1. The van der Waals surface area contributed by atoms with Gasteiger partial charge in [-0.25, -0.2) is 0 Å². The molecule has 0 bridgehead atoms. The number of fused-ring (bicyclic) bond motifs is 1. The number of ether oxygens (including phenoxy) is 2. The van der Waals surface area contributed by atoms with Gasteiger partial charge < -0.3 is 19.8 Å². The molecule has 2 aromatic heterocycles. The van der Waals surface area contributed by atoms with Crippen molar-refractivity contribution >= 4 is 22.3 Å². The summed E-state index contributed by atoms with van der Waals surface area (Å²) < 4.78 is 10.9. The van der Waals surface area contributed by atoms with Crippen molar-refractivity contribution in [2.24, 2.45) is 0 Å². The van der Waals surface area contributed by atoms with Crippen molar-refractivity contribution in [2.45, 2.75) is 32.8 Å². The quantitative estimate of drug-likeness (QED) is 0.270. The van der Waals surface area contributed by atoms with E-state index in [9.17, 15) is 0 Å². The number of H-pyrrole nitrogens is 1. The minimum Gasteiger partial charge on any atom is -0.379 e. The lowest BCUT2D eigenvalue weighted by Crippen LogP contribution is -2.05. The Kier molecular flexibility index (Phi) is 7.90. The molecule has 166 valence electrons. The number of anilines is 2. The fourth-order valence-electron chi connectivity index (χ4n) is 3.82. The highest BCUT2D eigenvalue weighted by atomic mass is 16.5. The summed E-state index contributed by atoms with van der Waals surface area (Å²) in [5.74, 6) is 0. The van der Waals surface area contributed by atoms with E-state index in [4.69, 9.17) is 9.47 Å². The molecule has 0 saturated carbocycles. The van der Waals surface area contributed by atoms with Crippen LogP contribution in [0.3, 0.4) is 0 Å². The van der Waals surface area contributed by atoms with E-state index in [1.807, 2.05) is 25.3 Å². The smallest absolute Gasteiger partial charge is 0.0889 e. The average molecular weight is 430 g/mol. The number of aromatic amines is 1. The first-order valence-electron chi connectivity index (χ1n) is 11.3. The Labute approximate surface area is 189 Å². The molecule has 0 aliphatic carbocycles. The molecule has 4 rings (SSSR count). The number of nitrogens with one attached hydrogen (secondary N) is 2. The predicted octanol–water partition coefficient (Wildman–Crippen LogP) is 6.03. The summed E-state index contributed by atoms with van der Waals surface area (Å²) in [4.78, 5) is 7.74. The third-order valence-electron chi connectivity index (χ3n) is 5.47. The molecule has 0 saturated heterocycles. The third kappa shape index (κ3) is 6.19. The van der Waals surface area contributed by atoms with Gasteiger partial charge in [0.05, 0.1) is 25.5 Å². The molecule has 0 amide bonds. The van der Waals surface area contributed by atoms with Crippen molar-refractivity contribution in [2.75, 3.05) is 25.1 Å². The third-order valence-corrected chi connectivity index (χ3v) is 5.47. The second kappa shape index (κ2) is 11.5. The Hall–Kier alpha value is -3.15. The van der Waals surface area contributed by atoms with Crippen LogP contribution in [0.1, 0.15) is 30.2 Å². The summed E-state index contributed by atoms with van der Waals surface area (Å²) in [6.07, 6.45) is 7.23. The van der Waals surface area contributed by atoms with E-state index in [2.05, 4.69) is 70.0 Å². The van der Waals surface area contributed by atoms with Crippen molar-refractivity contribution in [1.29, 1.82) is 0 Å². The highest BCUT2D eigenvalue weighted by molar-refractivity contribution is 5.83. The lowest BCUT2D eigenvalue weighted by molar-refractivity contribution is 0.0441. The van der Waals surface area contributed by atoms with Crippen LogP contribution in [0.2, 0.25) is 0 Å². The molecule has 0 fully saturated rings. The number of pyridine rings is 1. The second-order valence-corrected chi connectivity index (χ2v) is 7.82. The summed E-state index contributed by atoms with van der Waals surface area (Å²) in [6.45, 7) is 4.37. The predicted molar refractivity (Wildman–Crippen MR) is 130 cm³/mol. The molecule has 2 aromatic carbocycles. The Morgan fingerprint density at radius 3 is 2.62 bits per heavy atom. The Bertz CT molecular complexity index is 1110.